The van der Waals surface area contributed by atoms with Crippen molar-refractivity contribution < 1.29 is 4.79 Å². The molecule has 0 aromatic carbocycles. The second-order valence-electron chi connectivity index (χ2n) is 4.48. The molecule has 0 radical (unpaired) electrons. The number of amides is 1. The Bertz CT molecular complexity index is 341. The molecule has 1 aromatic rings. The molecule has 17 heavy (non-hydrogen) atoms. The summed E-state index contributed by atoms with van der Waals surface area (Å²) in [6.45, 7) is 6.06. The molecule has 1 aliphatic rings. The van der Waals surface area contributed by atoms with E-state index in [9.17, 15) is 4.79 Å². The minimum Gasteiger partial charge on any atom is -0.357 e. The highest BCUT2D eigenvalue weighted by atomic mass is 16.1. The van der Waals surface area contributed by atoms with E-state index in [2.05, 4.69) is 27.1 Å². The maximum Gasteiger partial charge on any atom is 0.267 e. The summed E-state index contributed by atoms with van der Waals surface area (Å²) in [7, 11) is 2.14. The minimum atomic E-state index is -0.0240. The minimum absolute atomic E-state index is 0.0240. The number of hydrogen-bond acceptors (Lipinski definition) is 3. The fraction of sp³-hybridized carbons (Fsp3) is 0.583. The first kappa shape index (κ1) is 12.1. The molecule has 1 fully saturated rings. The van der Waals surface area contributed by atoms with E-state index in [1.807, 2.05) is 6.07 Å². The SMILES string of the molecule is CN1CCN(CCNC(=O)c2ccc[nH]2)CC1. The number of aromatic amines is 1. The maximum absolute atomic E-state index is 11.6. The van der Waals surface area contributed by atoms with Gasteiger partial charge in [0.1, 0.15) is 5.69 Å². The second-order valence-corrected chi connectivity index (χ2v) is 4.48. The van der Waals surface area contributed by atoms with Crippen molar-refractivity contribution in [1.82, 2.24) is 20.1 Å². The standard InChI is InChI=1S/C12H20N4O/c1-15-7-9-16(10-8-15)6-5-14-12(17)11-3-2-4-13-11/h2-4,13H,5-10H2,1H3,(H,14,17). The van der Waals surface area contributed by atoms with Crippen LogP contribution in [0.2, 0.25) is 0 Å². The molecule has 0 spiro atoms. The Morgan fingerprint density at radius 3 is 2.82 bits per heavy atom. The average Bonchev–Trinajstić information content (AvgIpc) is 2.85. The zero-order chi connectivity index (χ0) is 12.1. The molecule has 2 N–H and O–H groups in total. The van der Waals surface area contributed by atoms with Crippen molar-refractivity contribution in [3.63, 3.8) is 0 Å². The van der Waals surface area contributed by atoms with E-state index in [0.717, 1.165) is 32.7 Å². The highest BCUT2D eigenvalue weighted by Crippen LogP contribution is 1.98. The van der Waals surface area contributed by atoms with Gasteiger partial charge in [-0.05, 0) is 19.2 Å². The predicted molar refractivity (Wildman–Crippen MR) is 67.1 cm³/mol. The number of nitrogens with one attached hydrogen (secondary N) is 2. The molecule has 0 aliphatic carbocycles. The average molecular weight is 236 g/mol. The van der Waals surface area contributed by atoms with Gasteiger partial charge in [0.25, 0.3) is 5.91 Å². The van der Waals surface area contributed by atoms with Crippen LogP contribution >= 0.6 is 0 Å². The van der Waals surface area contributed by atoms with Crippen molar-refractivity contribution in [1.29, 1.82) is 0 Å². The van der Waals surface area contributed by atoms with Gasteiger partial charge < -0.3 is 15.2 Å². The van der Waals surface area contributed by atoms with Gasteiger partial charge in [-0.25, -0.2) is 0 Å². The Hall–Kier alpha value is -1.33. The number of likely N-dealkylation sites (N-methyl/N-ethyl adjacent to an activating group) is 1. The number of aromatic nitrogens is 1. The fourth-order valence-corrected chi connectivity index (χ4v) is 1.97. The number of hydrogen-bond donors (Lipinski definition) is 2. The van der Waals surface area contributed by atoms with Crippen molar-refractivity contribution in [2.45, 2.75) is 0 Å². The van der Waals surface area contributed by atoms with E-state index in [-0.39, 0.29) is 5.91 Å². The first-order valence-corrected chi connectivity index (χ1v) is 6.08. The molecule has 1 aliphatic heterocycles. The molecule has 0 atom stereocenters. The highest BCUT2D eigenvalue weighted by Gasteiger charge is 2.13. The molecular formula is C12H20N4O. The summed E-state index contributed by atoms with van der Waals surface area (Å²) in [5.74, 6) is -0.0240. The first-order valence-electron chi connectivity index (χ1n) is 6.08. The molecule has 1 aromatic heterocycles. The monoisotopic (exact) mass is 236 g/mol. The first-order chi connectivity index (χ1) is 8.25. The number of nitrogens with zero attached hydrogens (tertiary/aromatic N) is 2. The Labute approximate surface area is 102 Å². The van der Waals surface area contributed by atoms with Gasteiger partial charge >= 0.3 is 0 Å². The number of H-pyrrole nitrogens is 1. The number of carbonyl (C=O) groups is 1. The van der Waals surface area contributed by atoms with Gasteiger partial charge in [0.05, 0.1) is 0 Å². The van der Waals surface area contributed by atoms with Gasteiger partial charge in [-0.15, -0.1) is 0 Å². The summed E-state index contributed by atoms with van der Waals surface area (Å²) >= 11 is 0. The molecule has 94 valence electrons. The lowest BCUT2D eigenvalue weighted by Gasteiger charge is -2.32. The molecule has 0 unspecified atom stereocenters. The summed E-state index contributed by atoms with van der Waals surface area (Å²) in [4.78, 5) is 19.2. The lowest BCUT2D eigenvalue weighted by molar-refractivity contribution is 0.0936. The van der Waals surface area contributed by atoms with Gasteiger partial charge in [0.2, 0.25) is 0 Å². The highest BCUT2D eigenvalue weighted by molar-refractivity contribution is 5.92. The van der Waals surface area contributed by atoms with Crippen LogP contribution in [0.5, 0.6) is 0 Å². The van der Waals surface area contributed by atoms with Crippen LogP contribution in [0.25, 0.3) is 0 Å². The second kappa shape index (κ2) is 5.84. The molecule has 1 amide bonds. The van der Waals surface area contributed by atoms with Gasteiger partial charge in [0, 0.05) is 45.5 Å². The Balaban J connectivity index is 1.64. The molecule has 5 nitrogen and oxygen atoms in total. The van der Waals surface area contributed by atoms with Crippen LogP contribution in [-0.4, -0.2) is 67.0 Å². The fourth-order valence-electron chi connectivity index (χ4n) is 1.97. The van der Waals surface area contributed by atoms with Crippen molar-refractivity contribution >= 4 is 5.91 Å². The lowest BCUT2D eigenvalue weighted by atomic mass is 10.3. The number of carbonyl (C=O) groups excluding carboxylic acids is 1. The molecule has 2 rings (SSSR count). The largest absolute Gasteiger partial charge is 0.357 e. The topological polar surface area (TPSA) is 51.4 Å². The summed E-state index contributed by atoms with van der Waals surface area (Å²) in [6, 6.07) is 3.61. The number of rotatable bonds is 4. The third kappa shape index (κ3) is 3.57. The molecule has 5 heteroatoms. The van der Waals surface area contributed by atoms with Crippen LogP contribution in [0.4, 0.5) is 0 Å². The normalized spacial score (nSPS) is 18.2. The smallest absolute Gasteiger partial charge is 0.267 e. The van der Waals surface area contributed by atoms with Crippen molar-refractivity contribution in [3.05, 3.63) is 24.0 Å². The molecule has 1 saturated heterocycles. The summed E-state index contributed by atoms with van der Waals surface area (Å²) in [5.41, 5.74) is 0.628. The maximum atomic E-state index is 11.6. The van der Waals surface area contributed by atoms with Gasteiger partial charge in [-0.2, -0.15) is 0 Å². The molecular weight excluding hydrogens is 216 g/mol. The van der Waals surface area contributed by atoms with E-state index in [1.54, 1.807) is 12.3 Å². The van der Waals surface area contributed by atoms with Crippen LogP contribution in [0.1, 0.15) is 10.5 Å². The Kier molecular flexibility index (Phi) is 4.17. The number of piperazine rings is 1. The van der Waals surface area contributed by atoms with Crippen LogP contribution in [0.3, 0.4) is 0 Å². The van der Waals surface area contributed by atoms with Crippen molar-refractivity contribution in [2.24, 2.45) is 0 Å². The van der Waals surface area contributed by atoms with E-state index < -0.39 is 0 Å². The zero-order valence-electron chi connectivity index (χ0n) is 10.3. The van der Waals surface area contributed by atoms with Crippen LogP contribution in [-0.2, 0) is 0 Å². The third-order valence-corrected chi connectivity index (χ3v) is 3.15. The molecule has 2 heterocycles. The Morgan fingerprint density at radius 1 is 1.41 bits per heavy atom. The molecule has 0 bridgehead atoms. The van der Waals surface area contributed by atoms with E-state index >= 15 is 0 Å². The predicted octanol–water partition coefficient (Wildman–Crippen LogP) is -0.00810. The van der Waals surface area contributed by atoms with Crippen LogP contribution < -0.4 is 5.32 Å². The summed E-state index contributed by atoms with van der Waals surface area (Å²) in [6.07, 6.45) is 1.76. The van der Waals surface area contributed by atoms with E-state index in [4.69, 9.17) is 0 Å². The summed E-state index contributed by atoms with van der Waals surface area (Å²) < 4.78 is 0. The van der Waals surface area contributed by atoms with Crippen LogP contribution in [0, 0.1) is 0 Å². The van der Waals surface area contributed by atoms with Crippen LogP contribution in [0.15, 0.2) is 18.3 Å². The lowest BCUT2D eigenvalue weighted by Crippen LogP contribution is -2.46. The van der Waals surface area contributed by atoms with Gasteiger partial charge in [-0.3, -0.25) is 9.69 Å². The molecule has 0 saturated carbocycles. The van der Waals surface area contributed by atoms with E-state index in [0.29, 0.717) is 12.2 Å². The summed E-state index contributed by atoms with van der Waals surface area (Å²) in [5, 5.41) is 2.92. The van der Waals surface area contributed by atoms with Crippen molar-refractivity contribution in [2.75, 3.05) is 46.3 Å². The Morgan fingerprint density at radius 2 is 2.18 bits per heavy atom. The quantitative estimate of drug-likeness (QED) is 0.773. The van der Waals surface area contributed by atoms with Crippen molar-refractivity contribution in [3.8, 4) is 0 Å². The third-order valence-electron chi connectivity index (χ3n) is 3.15. The van der Waals surface area contributed by atoms with E-state index in [1.165, 1.54) is 0 Å². The van der Waals surface area contributed by atoms with Gasteiger partial charge in [0.15, 0.2) is 0 Å². The zero-order valence-corrected chi connectivity index (χ0v) is 10.3. The van der Waals surface area contributed by atoms with Gasteiger partial charge in [-0.1, -0.05) is 0 Å².